The van der Waals surface area contributed by atoms with Gasteiger partial charge in [0, 0.05) is 24.0 Å². The first-order valence-electron chi connectivity index (χ1n) is 6.61. The molecular formula is C12H25N3O3S. The van der Waals surface area contributed by atoms with Crippen molar-refractivity contribution in [1.29, 1.82) is 0 Å². The Kier molecular flexibility index (Phi) is 5.34. The zero-order valence-corrected chi connectivity index (χ0v) is 12.7. The van der Waals surface area contributed by atoms with Crippen molar-refractivity contribution in [2.24, 2.45) is 11.7 Å². The molecule has 19 heavy (non-hydrogen) atoms. The molecule has 4 N–H and O–H groups in total. The minimum absolute atomic E-state index is 0.0291. The number of hydrogen-bond acceptors (Lipinski definition) is 4. The van der Waals surface area contributed by atoms with Crippen LogP contribution >= 0.6 is 0 Å². The van der Waals surface area contributed by atoms with Crippen molar-refractivity contribution < 1.29 is 13.2 Å². The highest BCUT2D eigenvalue weighted by Crippen LogP contribution is 2.23. The van der Waals surface area contributed by atoms with Crippen LogP contribution in [0.1, 0.15) is 39.5 Å². The highest BCUT2D eigenvalue weighted by Gasteiger charge is 2.28. The van der Waals surface area contributed by atoms with Gasteiger partial charge in [-0.25, -0.2) is 13.1 Å². The lowest BCUT2D eigenvalue weighted by atomic mass is 9.85. The summed E-state index contributed by atoms with van der Waals surface area (Å²) in [6.45, 7) is 3.74. The molecule has 1 saturated carbocycles. The van der Waals surface area contributed by atoms with E-state index in [4.69, 9.17) is 5.73 Å². The summed E-state index contributed by atoms with van der Waals surface area (Å²) in [4.78, 5) is 12.0. The van der Waals surface area contributed by atoms with Gasteiger partial charge >= 0.3 is 0 Å². The summed E-state index contributed by atoms with van der Waals surface area (Å²) >= 11 is 0. The quantitative estimate of drug-likeness (QED) is 0.661. The van der Waals surface area contributed by atoms with Crippen molar-refractivity contribution in [2.45, 2.75) is 51.1 Å². The Bertz CT molecular complexity index is 420. The third-order valence-electron chi connectivity index (χ3n) is 3.25. The second kappa shape index (κ2) is 6.19. The molecule has 2 atom stereocenters. The smallest absolute Gasteiger partial charge is 0.223 e. The van der Waals surface area contributed by atoms with Gasteiger partial charge in [0.1, 0.15) is 0 Å². The molecule has 6 nitrogen and oxygen atoms in total. The molecule has 1 aliphatic rings. The third-order valence-corrected chi connectivity index (χ3v) is 4.18. The molecular weight excluding hydrogens is 266 g/mol. The summed E-state index contributed by atoms with van der Waals surface area (Å²) in [5.74, 6) is -0.0729. The fraction of sp³-hybridized carbons (Fsp3) is 0.917. The average molecular weight is 291 g/mol. The normalized spacial score (nSPS) is 25.1. The van der Waals surface area contributed by atoms with Crippen molar-refractivity contribution in [2.75, 3.05) is 12.8 Å². The summed E-state index contributed by atoms with van der Waals surface area (Å²) in [6, 6.07) is 0.103. The van der Waals surface area contributed by atoms with Crippen LogP contribution in [-0.2, 0) is 14.8 Å². The Morgan fingerprint density at radius 1 is 1.37 bits per heavy atom. The van der Waals surface area contributed by atoms with Crippen LogP contribution in [0.3, 0.4) is 0 Å². The molecule has 112 valence electrons. The maximum absolute atomic E-state index is 12.0. The molecule has 0 aliphatic heterocycles. The van der Waals surface area contributed by atoms with Gasteiger partial charge in [-0.3, -0.25) is 4.79 Å². The molecule has 7 heteroatoms. The van der Waals surface area contributed by atoms with E-state index >= 15 is 0 Å². The van der Waals surface area contributed by atoms with Crippen LogP contribution in [0.15, 0.2) is 0 Å². The summed E-state index contributed by atoms with van der Waals surface area (Å²) in [5.41, 5.74) is 5.16. The Balaban J connectivity index is 2.45. The number of hydrogen-bond donors (Lipinski definition) is 3. The molecule has 0 aromatic heterocycles. The number of amides is 1. The molecule has 2 unspecified atom stereocenters. The highest BCUT2D eigenvalue weighted by molar-refractivity contribution is 7.88. The molecule has 0 spiro atoms. The van der Waals surface area contributed by atoms with E-state index < -0.39 is 15.6 Å². The molecule has 1 amide bonds. The molecule has 1 aliphatic carbocycles. The second-order valence-corrected chi connectivity index (χ2v) is 7.85. The van der Waals surface area contributed by atoms with Crippen molar-refractivity contribution >= 4 is 15.9 Å². The Hall–Kier alpha value is -0.660. The first-order valence-corrected chi connectivity index (χ1v) is 8.50. The summed E-state index contributed by atoms with van der Waals surface area (Å²) in [7, 11) is -3.28. The van der Waals surface area contributed by atoms with Gasteiger partial charge < -0.3 is 11.1 Å². The van der Waals surface area contributed by atoms with Gasteiger partial charge in [0.2, 0.25) is 15.9 Å². The summed E-state index contributed by atoms with van der Waals surface area (Å²) < 4.78 is 24.9. The second-order valence-electron chi connectivity index (χ2n) is 6.10. The monoisotopic (exact) mass is 291 g/mol. The molecule has 0 aromatic carbocycles. The Morgan fingerprint density at radius 2 is 2.00 bits per heavy atom. The summed E-state index contributed by atoms with van der Waals surface area (Å²) in [6.07, 6.45) is 4.64. The van der Waals surface area contributed by atoms with Crippen molar-refractivity contribution in [3.8, 4) is 0 Å². The average Bonchev–Trinajstić information content (AvgIpc) is 2.22. The fourth-order valence-electron chi connectivity index (χ4n) is 2.46. The van der Waals surface area contributed by atoms with Crippen molar-refractivity contribution in [3.05, 3.63) is 0 Å². The number of nitrogens with two attached hydrogens (primary N) is 1. The van der Waals surface area contributed by atoms with Gasteiger partial charge in [0.25, 0.3) is 0 Å². The van der Waals surface area contributed by atoms with Gasteiger partial charge in [0.05, 0.1) is 6.26 Å². The molecule has 1 fully saturated rings. The SMILES string of the molecule is CC(C)(CNC(=O)C1CCCC(N)C1)NS(C)(=O)=O. The highest BCUT2D eigenvalue weighted by atomic mass is 32.2. The van der Waals surface area contributed by atoms with Crippen molar-refractivity contribution in [3.63, 3.8) is 0 Å². The van der Waals surface area contributed by atoms with Crippen LogP contribution in [0, 0.1) is 5.92 Å². The van der Waals surface area contributed by atoms with E-state index in [1.165, 1.54) is 0 Å². The first-order chi connectivity index (χ1) is 8.59. The van der Waals surface area contributed by atoms with Crippen molar-refractivity contribution in [1.82, 2.24) is 10.0 Å². The lowest BCUT2D eigenvalue weighted by Gasteiger charge is -2.29. The number of rotatable bonds is 5. The molecule has 0 heterocycles. The fourth-order valence-corrected chi connectivity index (χ4v) is 3.53. The van der Waals surface area contributed by atoms with Gasteiger partial charge in [-0.2, -0.15) is 0 Å². The minimum atomic E-state index is -3.28. The van der Waals surface area contributed by atoms with E-state index in [1.807, 2.05) is 0 Å². The van der Waals surface area contributed by atoms with Gasteiger partial charge in [0.15, 0.2) is 0 Å². The van der Waals surface area contributed by atoms with E-state index in [0.717, 1.165) is 25.5 Å². The molecule has 0 saturated heterocycles. The van der Waals surface area contributed by atoms with Crippen LogP contribution in [0.2, 0.25) is 0 Å². The molecule has 0 radical (unpaired) electrons. The van der Waals surface area contributed by atoms with E-state index in [1.54, 1.807) is 13.8 Å². The van der Waals surface area contributed by atoms with E-state index in [9.17, 15) is 13.2 Å². The van der Waals surface area contributed by atoms with Crippen LogP contribution in [-0.4, -0.2) is 38.7 Å². The standard InChI is InChI=1S/C12H25N3O3S/c1-12(2,15-19(3,17)18)8-14-11(16)9-5-4-6-10(13)7-9/h9-10,15H,4-8,13H2,1-3H3,(H,14,16). The first kappa shape index (κ1) is 16.4. The largest absolute Gasteiger partial charge is 0.354 e. The van der Waals surface area contributed by atoms with Crippen LogP contribution in [0.4, 0.5) is 0 Å². The third kappa shape index (κ3) is 6.35. The van der Waals surface area contributed by atoms with Gasteiger partial charge in [-0.15, -0.1) is 0 Å². The van der Waals surface area contributed by atoms with Crippen LogP contribution in [0.25, 0.3) is 0 Å². The number of carbonyl (C=O) groups is 1. The van der Waals surface area contributed by atoms with Crippen LogP contribution < -0.4 is 15.8 Å². The molecule has 1 rings (SSSR count). The van der Waals surface area contributed by atoms with Gasteiger partial charge in [-0.05, 0) is 33.1 Å². The predicted octanol–water partition coefficient (Wildman–Crippen LogP) is -0.0521. The zero-order chi connectivity index (χ0) is 14.7. The Morgan fingerprint density at radius 3 is 2.53 bits per heavy atom. The van der Waals surface area contributed by atoms with E-state index in [0.29, 0.717) is 6.42 Å². The number of carbonyl (C=O) groups excluding carboxylic acids is 1. The van der Waals surface area contributed by atoms with Crippen LogP contribution in [0.5, 0.6) is 0 Å². The number of sulfonamides is 1. The molecule has 0 aromatic rings. The maximum atomic E-state index is 12.0. The minimum Gasteiger partial charge on any atom is -0.354 e. The number of nitrogens with one attached hydrogen (secondary N) is 2. The zero-order valence-electron chi connectivity index (χ0n) is 11.9. The summed E-state index contributed by atoms with van der Waals surface area (Å²) in [5, 5.41) is 2.81. The lowest BCUT2D eigenvalue weighted by Crippen LogP contribution is -2.52. The van der Waals surface area contributed by atoms with E-state index in [2.05, 4.69) is 10.0 Å². The topological polar surface area (TPSA) is 101 Å². The Labute approximate surface area is 115 Å². The van der Waals surface area contributed by atoms with E-state index in [-0.39, 0.29) is 24.4 Å². The maximum Gasteiger partial charge on any atom is 0.223 e. The van der Waals surface area contributed by atoms with Gasteiger partial charge in [-0.1, -0.05) is 6.42 Å². The molecule has 0 bridgehead atoms. The lowest BCUT2D eigenvalue weighted by molar-refractivity contribution is -0.126. The predicted molar refractivity (Wildman–Crippen MR) is 75.0 cm³/mol.